The van der Waals surface area contributed by atoms with E-state index in [2.05, 4.69) is 13.2 Å². The van der Waals surface area contributed by atoms with Crippen molar-refractivity contribution in [2.75, 3.05) is 6.54 Å². The number of hydrogen-bond acceptors (Lipinski definition) is 2. The van der Waals surface area contributed by atoms with Crippen LogP contribution in [0.1, 0.15) is 0 Å². The first-order valence-electron chi connectivity index (χ1n) is 2.85. The molecule has 0 aliphatic rings. The quantitative estimate of drug-likeness (QED) is 0.464. The van der Waals surface area contributed by atoms with E-state index in [4.69, 9.17) is 11.0 Å². The van der Waals surface area contributed by atoms with Crippen molar-refractivity contribution in [2.24, 2.45) is 5.73 Å². The largest absolute Gasteiger partial charge is 0.327 e. The molecule has 2 nitrogen and oxygen atoms in total. The van der Waals surface area contributed by atoms with Crippen LogP contribution in [0.3, 0.4) is 0 Å². The number of hydrogen-bond donors (Lipinski definition) is 1. The smallest absolute Gasteiger partial charge is 0.0985 e. The van der Waals surface area contributed by atoms with Crippen molar-refractivity contribution in [1.82, 2.24) is 0 Å². The molecule has 0 amide bonds. The molecule has 10 heavy (non-hydrogen) atoms. The summed E-state index contributed by atoms with van der Waals surface area (Å²) in [5.74, 6) is 0. The fourth-order valence-electron chi connectivity index (χ4n) is 0.324. The average Bonchev–Trinajstić information content (AvgIpc) is 1.99. The Hall–Kier alpha value is -1.33. The van der Waals surface area contributed by atoms with Crippen LogP contribution in [0.15, 0.2) is 36.5 Å². The minimum absolute atomic E-state index is 0.412. The predicted molar refractivity (Wildman–Crippen MR) is 42.1 cm³/mol. The van der Waals surface area contributed by atoms with Gasteiger partial charge in [-0.05, 0) is 11.6 Å². The molecular weight excluding hydrogens is 124 g/mol. The van der Waals surface area contributed by atoms with Gasteiger partial charge in [-0.2, -0.15) is 5.26 Å². The lowest BCUT2D eigenvalue weighted by Crippen LogP contribution is -1.98. The van der Waals surface area contributed by atoms with Gasteiger partial charge in [-0.3, -0.25) is 0 Å². The summed E-state index contributed by atoms with van der Waals surface area (Å²) in [4.78, 5) is 0. The minimum Gasteiger partial charge on any atom is -0.327 e. The first-order valence-corrected chi connectivity index (χ1v) is 2.85. The highest BCUT2D eigenvalue weighted by Gasteiger charge is 1.82. The van der Waals surface area contributed by atoms with Gasteiger partial charge < -0.3 is 5.73 Å². The Bertz CT molecular complexity index is 206. The Balaban J connectivity index is 3.91. The molecule has 0 aliphatic carbocycles. The van der Waals surface area contributed by atoms with Crippen LogP contribution in [-0.4, -0.2) is 6.54 Å². The monoisotopic (exact) mass is 134 g/mol. The van der Waals surface area contributed by atoms with Crippen molar-refractivity contribution >= 4 is 0 Å². The van der Waals surface area contributed by atoms with E-state index in [1.165, 1.54) is 0 Å². The summed E-state index contributed by atoms with van der Waals surface area (Å²) in [5.41, 5.74) is 6.44. The van der Waals surface area contributed by atoms with Crippen molar-refractivity contribution in [3.63, 3.8) is 0 Å². The van der Waals surface area contributed by atoms with Crippen molar-refractivity contribution in [3.05, 3.63) is 36.5 Å². The third-order valence-electron chi connectivity index (χ3n) is 0.926. The van der Waals surface area contributed by atoms with Gasteiger partial charge in [-0.1, -0.05) is 19.2 Å². The van der Waals surface area contributed by atoms with Crippen LogP contribution in [0.25, 0.3) is 0 Å². The highest BCUT2D eigenvalue weighted by molar-refractivity contribution is 5.33. The standard InChI is InChI=1S/C8H10N2/c1-7(5-9)3-4-8(2)6-10/h3-4H,1-2,5,9H2/b4-3-. The van der Waals surface area contributed by atoms with Crippen LogP contribution < -0.4 is 5.73 Å². The molecule has 0 rings (SSSR count). The molecule has 0 radical (unpaired) electrons. The lowest BCUT2D eigenvalue weighted by atomic mass is 10.2. The van der Waals surface area contributed by atoms with E-state index in [0.717, 1.165) is 5.57 Å². The van der Waals surface area contributed by atoms with Crippen LogP contribution in [0, 0.1) is 11.3 Å². The van der Waals surface area contributed by atoms with Crippen molar-refractivity contribution in [2.45, 2.75) is 0 Å². The zero-order valence-corrected chi connectivity index (χ0v) is 5.80. The number of nitriles is 1. The SMILES string of the molecule is C=C(C#N)/C=C\C(=C)CN. The minimum atomic E-state index is 0.412. The Morgan fingerprint density at radius 3 is 2.50 bits per heavy atom. The Morgan fingerprint density at radius 1 is 1.50 bits per heavy atom. The van der Waals surface area contributed by atoms with Crippen molar-refractivity contribution < 1.29 is 0 Å². The van der Waals surface area contributed by atoms with Gasteiger partial charge >= 0.3 is 0 Å². The van der Waals surface area contributed by atoms with Gasteiger partial charge in [0.2, 0.25) is 0 Å². The first kappa shape index (κ1) is 8.67. The molecule has 0 aromatic heterocycles. The second kappa shape index (κ2) is 4.54. The Morgan fingerprint density at radius 2 is 2.10 bits per heavy atom. The summed E-state index contributed by atoms with van der Waals surface area (Å²) in [5, 5.41) is 8.26. The highest BCUT2D eigenvalue weighted by Crippen LogP contribution is 1.94. The molecule has 0 spiro atoms. The second-order valence-corrected chi connectivity index (χ2v) is 1.83. The first-order chi connectivity index (χ1) is 4.70. The normalized spacial score (nSPS) is 9.20. The molecule has 0 saturated carbocycles. The molecule has 0 atom stereocenters. The molecule has 2 N–H and O–H groups in total. The average molecular weight is 134 g/mol. The summed E-state index contributed by atoms with van der Waals surface area (Å²) >= 11 is 0. The van der Waals surface area contributed by atoms with Crippen molar-refractivity contribution in [1.29, 1.82) is 5.26 Å². The van der Waals surface area contributed by atoms with Crippen molar-refractivity contribution in [3.8, 4) is 6.07 Å². The lowest BCUT2D eigenvalue weighted by molar-refractivity contribution is 1.20. The topological polar surface area (TPSA) is 49.8 Å². The number of rotatable bonds is 3. The summed E-state index contributed by atoms with van der Waals surface area (Å²) in [7, 11) is 0. The van der Waals surface area contributed by atoms with E-state index in [0.29, 0.717) is 12.1 Å². The van der Waals surface area contributed by atoms with Gasteiger partial charge in [0, 0.05) is 12.1 Å². The summed E-state index contributed by atoms with van der Waals surface area (Å²) in [6.45, 7) is 7.48. The maximum atomic E-state index is 8.26. The molecule has 0 saturated heterocycles. The van der Waals surface area contributed by atoms with Gasteiger partial charge in [0.25, 0.3) is 0 Å². The summed E-state index contributed by atoms with van der Waals surface area (Å²) in [6, 6.07) is 1.88. The van der Waals surface area contributed by atoms with Gasteiger partial charge in [-0.25, -0.2) is 0 Å². The van der Waals surface area contributed by atoms with Crippen LogP contribution in [-0.2, 0) is 0 Å². The predicted octanol–water partition coefficient (Wildman–Crippen LogP) is 1.14. The third kappa shape index (κ3) is 3.65. The van der Waals surface area contributed by atoms with E-state index in [9.17, 15) is 0 Å². The zero-order chi connectivity index (χ0) is 7.98. The van der Waals surface area contributed by atoms with E-state index < -0.39 is 0 Å². The number of nitrogens with zero attached hydrogens (tertiary/aromatic N) is 1. The van der Waals surface area contributed by atoms with E-state index in [1.54, 1.807) is 12.2 Å². The van der Waals surface area contributed by atoms with E-state index in [1.807, 2.05) is 6.07 Å². The van der Waals surface area contributed by atoms with Gasteiger partial charge in [0.1, 0.15) is 0 Å². The molecule has 0 bridgehead atoms. The molecule has 2 heteroatoms. The zero-order valence-electron chi connectivity index (χ0n) is 5.80. The van der Waals surface area contributed by atoms with Crippen LogP contribution in [0.4, 0.5) is 0 Å². The van der Waals surface area contributed by atoms with Crippen LogP contribution in [0.5, 0.6) is 0 Å². The van der Waals surface area contributed by atoms with E-state index in [-0.39, 0.29) is 0 Å². The van der Waals surface area contributed by atoms with Gasteiger partial charge in [0.15, 0.2) is 0 Å². The molecule has 52 valence electrons. The Labute approximate surface area is 61.0 Å². The number of allylic oxidation sites excluding steroid dienone is 2. The Kier molecular flexibility index (Phi) is 3.94. The fraction of sp³-hybridized carbons (Fsp3) is 0.125. The van der Waals surface area contributed by atoms with E-state index >= 15 is 0 Å². The maximum Gasteiger partial charge on any atom is 0.0985 e. The highest BCUT2D eigenvalue weighted by atomic mass is 14.5. The molecule has 0 aliphatic heterocycles. The van der Waals surface area contributed by atoms with Crippen LogP contribution in [0.2, 0.25) is 0 Å². The third-order valence-corrected chi connectivity index (χ3v) is 0.926. The summed E-state index contributed by atoms with van der Waals surface area (Å²) < 4.78 is 0. The molecule has 0 unspecified atom stereocenters. The fourth-order valence-corrected chi connectivity index (χ4v) is 0.324. The molecule has 0 heterocycles. The molecule has 0 aromatic carbocycles. The second-order valence-electron chi connectivity index (χ2n) is 1.83. The van der Waals surface area contributed by atoms with Gasteiger partial charge in [-0.15, -0.1) is 0 Å². The lowest BCUT2D eigenvalue weighted by Gasteiger charge is -1.89. The maximum absolute atomic E-state index is 8.26. The van der Waals surface area contributed by atoms with Crippen LogP contribution >= 0.6 is 0 Å². The van der Waals surface area contributed by atoms with Gasteiger partial charge in [0.05, 0.1) is 6.07 Å². The number of nitrogens with two attached hydrogens (primary N) is 1. The molecule has 0 aromatic rings. The molecule has 0 fully saturated rings. The summed E-state index contributed by atoms with van der Waals surface area (Å²) in [6.07, 6.45) is 3.28. The molecular formula is C8H10N2.